The van der Waals surface area contributed by atoms with E-state index in [1.54, 1.807) is 22.7 Å². The standard InChI is InChI=1S/C13H10N4O2S/c18-12(19)9-4-2-1-3-8(9)11-16-17-10(7-5-6-7)14-15-13(17)20-11/h1-4,7H,5-6H2,(H,18,19). The number of hydrogen-bond acceptors (Lipinski definition) is 5. The Morgan fingerprint density at radius 3 is 2.85 bits per heavy atom. The molecule has 1 fully saturated rings. The molecular weight excluding hydrogens is 276 g/mol. The predicted octanol–water partition coefficient (Wildman–Crippen LogP) is 2.43. The first kappa shape index (κ1) is 11.5. The summed E-state index contributed by atoms with van der Waals surface area (Å²) in [4.78, 5) is 12.0. The van der Waals surface area contributed by atoms with E-state index in [1.165, 1.54) is 11.3 Å². The van der Waals surface area contributed by atoms with Crippen molar-refractivity contribution in [2.75, 3.05) is 0 Å². The van der Waals surface area contributed by atoms with Crippen LogP contribution in [0.5, 0.6) is 0 Å². The molecule has 0 unspecified atom stereocenters. The normalized spacial score (nSPS) is 14.8. The van der Waals surface area contributed by atoms with Crippen LogP contribution in [0.3, 0.4) is 0 Å². The fourth-order valence-electron chi connectivity index (χ4n) is 2.19. The molecule has 1 aliphatic rings. The zero-order chi connectivity index (χ0) is 13.7. The van der Waals surface area contributed by atoms with Gasteiger partial charge in [-0.05, 0) is 18.9 Å². The van der Waals surface area contributed by atoms with E-state index in [4.69, 9.17) is 0 Å². The predicted molar refractivity (Wildman–Crippen MR) is 73.0 cm³/mol. The molecule has 0 bridgehead atoms. The Balaban J connectivity index is 1.88. The maximum atomic E-state index is 11.3. The lowest BCUT2D eigenvalue weighted by atomic mass is 10.1. The largest absolute Gasteiger partial charge is 0.478 e. The highest BCUT2D eigenvalue weighted by Crippen LogP contribution is 2.40. The summed E-state index contributed by atoms with van der Waals surface area (Å²) in [6.45, 7) is 0. The molecule has 2 heterocycles. The van der Waals surface area contributed by atoms with E-state index in [1.807, 2.05) is 6.07 Å². The smallest absolute Gasteiger partial charge is 0.336 e. The van der Waals surface area contributed by atoms with Crippen LogP contribution >= 0.6 is 11.3 Å². The molecule has 1 N–H and O–H groups in total. The van der Waals surface area contributed by atoms with Crippen LogP contribution in [0, 0.1) is 0 Å². The molecule has 7 heteroatoms. The number of hydrogen-bond donors (Lipinski definition) is 1. The first-order valence-electron chi connectivity index (χ1n) is 6.29. The van der Waals surface area contributed by atoms with E-state index in [2.05, 4.69) is 15.3 Å². The molecule has 100 valence electrons. The van der Waals surface area contributed by atoms with Gasteiger partial charge in [0.05, 0.1) is 5.56 Å². The molecule has 2 aromatic heterocycles. The summed E-state index contributed by atoms with van der Waals surface area (Å²) in [5.74, 6) is 0.388. The van der Waals surface area contributed by atoms with E-state index in [0.717, 1.165) is 18.7 Å². The highest BCUT2D eigenvalue weighted by atomic mass is 32.1. The van der Waals surface area contributed by atoms with Crippen molar-refractivity contribution in [1.82, 2.24) is 19.8 Å². The minimum absolute atomic E-state index is 0.255. The van der Waals surface area contributed by atoms with Gasteiger partial charge in [0.15, 0.2) is 5.82 Å². The number of carbonyl (C=O) groups is 1. The Morgan fingerprint density at radius 2 is 2.10 bits per heavy atom. The molecule has 20 heavy (non-hydrogen) atoms. The zero-order valence-corrected chi connectivity index (χ0v) is 11.2. The molecule has 4 rings (SSSR count). The summed E-state index contributed by atoms with van der Waals surface area (Å²) in [6, 6.07) is 6.88. The van der Waals surface area contributed by atoms with Gasteiger partial charge in [-0.2, -0.15) is 9.61 Å². The maximum absolute atomic E-state index is 11.3. The Bertz CT molecular complexity index is 819. The van der Waals surface area contributed by atoms with Gasteiger partial charge in [-0.25, -0.2) is 4.79 Å². The highest BCUT2D eigenvalue weighted by molar-refractivity contribution is 7.19. The Hall–Kier alpha value is -2.28. The first-order chi connectivity index (χ1) is 9.74. The van der Waals surface area contributed by atoms with Crippen molar-refractivity contribution in [3.63, 3.8) is 0 Å². The van der Waals surface area contributed by atoms with E-state index in [-0.39, 0.29) is 5.56 Å². The van der Waals surface area contributed by atoms with Crippen LogP contribution in [0.4, 0.5) is 0 Å². The Kier molecular flexibility index (Phi) is 2.37. The van der Waals surface area contributed by atoms with Crippen LogP contribution in [0.2, 0.25) is 0 Å². The van der Waals surface area contributed by atoms with Gasteiger partial charge in [0.2, 0.25) is 4.96 Å². The van der Waals surface area contributed by atoms with Crippen molar-refractivity contribution in [2.45, 2.75) is 18.8 Å². The molecule has 1 saturated carbocycles. The lowest BCUT2D eigenvalue weighted by Crippen LogP contribution is -1.99. The van der Waals surface area contributed by atoms with Crippen molar-refractivity contribution in [1.29, 1.82) is 0 Å². The second kappa shape index (κ2) is 4.11. The van der Waals surface area contributed by atoms with Crippen LogP contribution in [-0.2, 0) is 0 Å². The summed E-state index contributed by atoms with van der Waals surface area (Å²) >= 11 is 1.36. The minimum atomic E-state index is -0.950. The highest BCUT2D eigenvalue weighted by Gasteiger charge is 2.30. The number of benzene rings is 1. The van der Waals surface area contributed by atoms with Gasteiger partial charge in [-0.15, -0.1) is 10.2 Å². The first-order valence-corrected chi connectivity index (χ1v) is 7.10. The Morgan fingerprint density at radius 1 is 1.30 bits per heavy atom. The second-order valence-corrected chi connectivity index (χ2v) is 5.74. The van der Waals surface area contributed by atoms with Gasteiger partial charge in [0.25, 0.3) is 0 Å². The fraction of sp³-hybridized carbons (Fsp3) is 0.231. The average Bonchev–Trinajstić information content (AvgIpc) is 3.08. The summed E-state index contributed by atoms with van der Waals surface area (Å²) in [5.41, 5.74) is 0.877. The number of nitrogens with zero attached hydrogens (tertiary/aromatic N) is 4. The summed E-state index contributed by atoms with van der Waals surface area (Å²) in [5, 5.41) is 22.7. The van der Waals surface area contributed by atoms with Gasteiger partial charge in [0.1, 0.15) is 5.01 Å². The molecule has 0 atom stereocenters. The van der Waals surface area contributed by atoms with E-state index in [9.17, 15) is 9.90 Å². The number of rotatable bonds is 3. The van der Waals surface area contributed by atoms with Crippen LogP contribution in [0.1, 0.15) is 34.9 Å². The number of carboxylic acid groups (broad SMARTS) is 1. The van der Waals surface area contributed by atoms with Crippen molar-refractivity contribution in [3.8, 4) is 10.6 Å². The molecule has 0 saturated heterocycles. The van der Waals surface area contributed by atoms with Crippen molar-refractivity contribution < 1.29 is 9.90 Å². The van der Waals surface area contributed by atoms with Crippen molar-refractivity contribution in [2.24, 2.45) is 0 Å². The van der Waals surface area contributed by atoms with Crippen molar-refractivity contribution in [3.05, 3.63) is 35.7 Å². The molecule has 3 aromatic rings. The lowest BCUT2D eigenvalue weighted by molar-refractivity contribution is 0.0697. The number of aromatic carboxylic acids is 1. The van der Waals surface area contributed by atoms with Gasteiger partial charge < -0.3 is 5.11 Å². The number of aromatic nitrogens is 4. The van der Waals surface area contributed by atoms with Crippen LogP contribution < -0.4 is 0 Å². The third kappa shape index (κ3) is 1.70. The summed E-state index contributed by atoms with van der Waals surface area (Å²) in [6.07, 6.45) is 2.25. The molecule has 1 aliphatic carbocycles. The quantitative estimate of drug-likeness (QED) is 0.799. The monoisotopic (exact) mass is 286 g/mol. The molecule has 1 aromatic carbocycles. The molecule has 0 spiro atoms. The van der Waals surface area contributed by atoms with Crippen LogP contribution in [0.15, 0.2) is 24.3 Å². The summed E-state index contributed by atoms with van der Waals surface area (Å²) < 4.78 is 1.75. The topological polar surface area (TPSA) is 80.4 Å². The SMILES string of the molecule is O=C(O)c1ccccc1-c1nn2c(C3CC3)nnc2s1. The number of fused-ring (bicyclic) bond motifs is 1. The third-order valence-electron chi connectivity index (χ3n) is 3.35. The second-order valence-electron chi connectivity index (χ2n) is 4.78. The van der Waals surface area contributed by atoms with Gasteiger partial charge in [-0.1, -0.05) is 29.5 Å². The molecule has 0 radical (unpaired) electrons. The molecule has 0 amide bonds. The van der Waals surface area contributed by atoms with E-state index in [0.29, 0.717) is 21.4 Å². The van der Waals surface area contributed by atoms with Crippen LogP contribution in [-0.4, -0.2) is 30.9 Å². The fourth-order valence-corrected chi connectivity index (χ4v) is 3.08. The Labute approximate surface area is 117 Å². The minimum Gasteiger partial charge on any atom is -0.478 e. The summed E-state index contributed by atoms with van der Waals surface area (Å²) in [7, 11) is 0. The zero-order valence-electron chi connectivity index (χ0n) is 10.4. The average molecular weight is 286 g/mol. The maximum Gasteiger partial charge on any atom is 0.336 e. The van der Waals surface area contributed by atoms with E-state index >= 15 is 0 Å². The van der Waals surface area contributed by atoms with Crippen LogP contribution in [0.25, 0.3) is 15.5 Å². The van der Waals surface area contributed by atoms with Gasteiger partial charge in [-0.3, -0.25) is 0 Å². The van der Waals surface area contributed by atoms with Crippen molar-refractivity contribution >= 4 is 22.3 Å². The number of carboxylic acids is 1. The molecule has 0 aliphatic heterocycles. The van der Waals surface area contributed by atoms with E-state index < -0.39 is 5.97 Å². The molecule has 6 nitrogen and oxygen atoms in total. The lowest BCUT2D eigenvalue weighted by Gasteiger charge is -2.00. The van der Waals surface area contributed by atoms with Gasteiger partial charge in [0, 0.05) is 11.5 Å². The third-order valence-corrected chi connectivity index (χ3v) is 4.28. The van der Waals surface area contributed by atoms with Gasteiger partial charge >= 0.3 is 5.97 Å². The molecular formula is C13H10N4O2S.